The molecule has 5 nitrogen and oxygen atoms in total. The second-order valence-corrected chi connectivity index (χ2v) is 7.77. The van der Waals surface area contributed by atoms with Crippen LogP contribution in [-0.4, -0.2) is 55.0 Å². The van der Waals surface area contributed by atoms with E-state index in [2.05, 4.69) is 28.8 Å². The van der Waals surface area contributed by atoms with Gasteiger partial charge in [-0.25, -0.2) is 0 Å². The maximum atomic E-state index is 12.2. The normalized spacial score (nSPS) is 18.8. The van der Waals surface area contributed by atoms with Crippen LogP contribution in [0, 0.1) is 0 Å². The number of benzene rings is 1. The predicted molar refractivity (Wildman–Crippen MR) is 106 cm³/mol. The van der Waals surface area contributed by atoms with E-state index in [1.807, 2.05) is 12.1 Å². The molecule has 1 aromatic rings. The molecule has 0 bridgehead atoms. The number of rotatable bonds is 9. The van der Waals surface area contributed by atoms with Crippen LogP contribution in [0.2, 0.25) is 0 Å². The van der Waals surface area contributed by atoms with Crippen molar-refractivity contribution in [1.82, 2.24) is 4.90 Å². The molecule has 0 aliphatic carbocycles. The summed E-state index contributed by atoms with van der Waals surface area (Å²) < 4.78 is 47.0. The molecule has 164 valence electrons. The summed E-state index contributed by atoms with van der Waals surface area (Å²) in [7, 11) is 0. The summed E-state index contributed by atoms with van der Waals surface area (Å²) in [5.74, 6) is -0.611. The van der Waals surface area contributed by atoms with Crippen LogP contribution in [0.4, 0.5) is 18.9 Å². The Kier molecular flexibility index (Phi) is 8.92. The molecule has 0 unspecified atom stereocenters. The minimum atomic E-state index is -4.46. The predicted octanol–water partition coefficient (Wildman–Crippen LogP) is 4.37. The summed E-state index contributed by atoms with van der Waals surface area (Å²) >= 11 is 0. The summed E-state index contributed by atoms with van der Waals surface area (Å²) in [5.41, 5.74) is 1.61. The molecule has 1 amide bonds. The van der Waals surface area contributed by atoms with Crippen LogP contribution in [0.3, 0.4) is 0 Å². The van der Waals surface area contributed by atoms with Gasteiger partial charge in [0.05, 0.1) is 6.10 Å². The Balaban J connectivity index is 1.86. The molecule has 2 rings (SSSR count). The highest BCUT2D eigenvalue weighted by molar-refractivity contribution is 5.93. The van der Waals surface area contributed by atoms with Crippen LogP contribution in [0.15, 0.2) is 24.3 Å². The number of nitrogens with zero attached hydrogens (tertiary/aromatic N) is 1. The van der Waals surface area contributed by atoms with Crippen molar-refractivity contribution in [3.05, 3.63) is 29.8 Å². The lowest BCUT2D eigenvalue weighted by Crippen LogP contribution is -2.39. The summed E-state index contributed by atoms with van der Waals surface area (Å²) in [6.07, 6.45) is -1.96. The second kappa shape index (κ2) is 10.9. The summed E-state index contributed by atoms with van der Waals surface area (Å²) in [5, 5.41) is 2.58. The molecule has 1 saturated heterocycles. The number of carbonyl (C=O) groups excluding carboxylic acids is 1. The van der Waals surface area contributed by atoms with Gasteiger partial charge in [0.15, 0.2) is 0 Å². The Labute approximate surface area is 170 Å². The molecule has 1 heterocycles. The Bertz CT molecular complexity index is 629. The van der Waals surface area contributed by atoms with Crippen molar-refractivity contribution in [2.75, 3.05) is 25.1 Å². The number of hydrogen-bond donors (Lipinski definition) is 1. The Morgan fingerprint density at radius 1 is 1.24 bits per heavy atom. The number of carbonyl (C=O) groups is 1. The Morgan fingerprint density at radius 3 is 2.48 bits per heavy atom. The maximum absolute atomic E-state index is 12.2. The largest absolute Gasteiger partial charge is 0.411 e. The van der Waals surface area contributed by atoms with Crippen LogP contribution in [0.5, 0.6) is 0 Å². The lowest BCUT2D eigenvalue weighted by molar-refractivity contribution is -0.184. The number of anilines is 1. The van der Waals surface area contributed by atoms with E-state index in [0.29, 0.717) is 11.7 Å². The van der Waals surface area contributed by atoms with Gasteiger partial charge in [0, 0.05) is 31.4 Å². The van der Waals surface area contributed by atoms with Crippen molar-refractivity contribution in [1.29, 1.82) is 0 Å². The smallest absolute Gasteiger partial charge is 0.377 e. The van der Waals surface area contributed by atoms with Gasteiger partial charge in [-0.3, -0.25) is 9.69 Å². The van der Waals surface area contributed by atoms with E-state index in [4.69, 9.17) is 4.74 Å². The zero-order chi connectivity index (χ0) is 21.4. The van der Waals surface area contributed by atoms with E-state index in [-0.39, 0.29) is 6.10 Å². The second-order valence-electron chi connectivity index (χ2n) is 7.77. The summed E-state index contributed by atoms with van der Waals surface area (Å²) in [4.78, 5) is 14.3. The number of nitrogens with one attached hydrogen (secondary N) is 1. The molecule has 1 aliphatic rings. The van der Waals surface area contributed by atoms with Crippen molar-refractivity contribution in [3.63, 3.8) is 0 Å². The van der Waals surface area contributed by atoms with E-state index in [1.54, 1.807) is 12.1 Å². The van der Waals surface area contributed by atoms with Gasteiger partial charge >= 0.3 is 6.18 Å². The fraction of sp³-hybridized carbons (Fsp3) is 0.667. The monoisotopic (exact) mass is 416 g/mol. The van der Waals surface area contributed by atoms with Crippen LogP contribution in [0.25, 0.3) is 0 Å². The highest BCUT2D eigenvalue weighted by atomic mass is 19.4. The molecule has 1 aliphatic heterocycles. The standard InChI is InChI=1S/C21H31F3N2O3/c1-15(2)26(13-19-6-4-5-11-28-19)12-17-7-9-18(10-8-17)25-20(27)16(3)29-14-21(22,23)24/h7-10,15-16,19H,4-6,11-14H2,1-3H3,(H,25,27)/t16-,19-/m1/s1. The number of hydrogen-bond acceptors (Lipinski definition) is 4. The maximum Gasteiger partial charge on any atom is 0.411 e. The minimum absolute atomic E-state index is 0.267. The zero-order valence-corrected chi connectivity index (χ0v) is 17.3. The lowest BCUT2D eigenvalue weighted by Gasteiger charge is -2.32. The highest BCUT2D eigenvalue weighted by Crippen LogP contribution is 2.19. The van der Waals surface area contributed by atoms with Crippen molar-refractivity contribution >= 4 is 11.6 Å². The average Bonchev–Trinajstić information content (AvgIpc) is 2.67. The molecule has 0 saturated carbocycles. The van der Waals surface area contributed by atoms with Gasteiger partial charge in [-0.15, -0.1) is 0 Å². The fourth-order valence-electron chi connectivity index (χ4n) is 3.14. The molecule has 1 fully saturated rings. The van der Waals surface area contributed by atoms with E-state index in [1.165, 1.54) is 13.3 Å². The van der Waals surface area contributed by atoms with E-state index in [9.17, 15) is 18.0 Å². The molecule has 29 heavy (non-hydrogen) atoms. The Hall–Kier alpha value is -1.64. The van der Waals surface area contributed by atoms with Gasteiger partial charge in [-0.05, 0) is 57.7 Å². The molecule has 0 aromatic heterocycles. The van der Waals surface area contributed by atoms with Crippen molar-refractivity contribution in [2.24, 2.45) is 0 Å². The molecule has 1 aromatic carbocycles. The van der Waals surface area contributed by atoms with Gasteiger partial charge in [0.25, 0.3) is 5.91 Å². The zero-order valence-electron chi connectivity index (χ0n) is 17.3. The van der Waals surface area contributed by atoms with Crippen molar-refractivity contribution in [3.8, 4) is 0 Å². The summed E-state index contributed by atoms with van der Waals surface area (Å²) in [6, 6.07) is 7.69. The third-order valence-electron chi connectivity index (χ3n) is 4.92. The molecular formula is C21H31F3N2O3. The topological polar surface area (TPSA) is 50.8 Å². The van der Waals surface area contributed by atoms with Gasteiger partial charge in [0.2, 0.25) is 0 Å². The number of alkyl halides is 3. The van der Waals surface area contributed by atoms with Gasteiger partial charge in [-0.2, -0.15) is 13.2 Å². The van der Waals surface area contributed by atoms with Crippen LogP contribution < -0.4 is 5.32 Å². The number of ether oxygens (including phenoxy) is 2. The van der Waals surface area contributed by atoms with Crippen LogP contribution in [0.1, 0.15) is 45.6 Å². The van der Waals surface area contributed by atoms with Crippen LogP contribution in [-0.2, 0) is 20.8 Å². The number of amides is 1. The average molecular weight is 416 g/mol. The van der Waals surface area contributed by atoms with Crippen molar-refractivity contribution in [2.45, 2.75) is 71.0 Å². The molecule has 0 spiro atoms. The fourth-order valence-corrected chi connectivity index (χ4v) is 3.14. The third-order valence-corrected chi connectivity index (χ3v) is 4.92. The summed E-state index contributed by atoms with van der Waals surface area (Å²) in [6.45, 7) is 6.62. The van der Waals surface area contributed by atoms with Gasteiger partial charge in [0.1, 0.15) is 12.7 Å². The molecular weight excluding hydrogens is 385 g/mol. The third kappa shape index (κ3) is 8.72. The van der Waals surface area contributed by atoms with E-state index >= 15 is 0 Å². The molecule has 1 N–H and O–H groups in total. The molecule has 2 atom stereocenters. The van der Waals surface area contributed by atoms with E-state index in [0.717, 1.165) is 38.1 Å². The first-order valence-electron chi connectivity index (χ1n) is 10.1. The number of halogens is 3. The van der Waals surface area contributed by atoms with Gasteiger partial charge < -0.3 is 14.8 Å². The first-order chi connectivity index (χ1) is 13.6. The molecule has 8 heteroatoms. The molecule has 0 radical (unpaired) electrons. The quantitative estimate of drug-likeness (QED) is 0.649. The van der Waals surface area contributed by atoms with Crippen molar-refractivity contribution < 1.29 is 27.4 Å². The SMILES string of the molecule is CC(C)N(Cc1ccc(NC(=O)[C@@H](C)OCC(F)(F)F)cc1)C[C@H]1CCCCO1. The first kappa shape index (κ1) is 23.6. The lowest BCUT2D eigenvalue weighted by atomic mass is 10.1. The van der Waals surface area contributed by atoms with Crippen LogP contribution >= 0.6 is 0 Å². The Morgan fingerprint density at radius 2 is 1.93 bits per heavy atom. The minimum Gasteiger partial charge on any atom is -0.377 e. The van der Waals surface area contributed by atoms with Gasteiger partial charge in [-0.1, -0.05) is 12.1 Å². The van der Waals surface area contributed by atoms with E-state index < -0.39 is 24.8 Å². The first-order valence-corrected chi connectivity index (χ1v) is 10.1. The highest BCUT2D eigenvalue weighted by Gasteiger charge is 2.30.